The van der Waals surface area contributed by atoms with Crippen LogP contribution in [0.5, 0.6) is 0 Å². The van der Waals surface area contributed by atoms with E-state index in [1.165, 1.54) is 16.0 Å². The molecular weight excluding hydrogens is 332 g/mol. The van der Waals surface area contributed by atoms with Crippen molar-refractivity contribution in [3.8, 4) is 10.6 Å². The predicted molar refractivity (Wildman–Crippen MR) is 93.0 cm³/mol. The number of fused-ring (bicyclic) bond motifs is 1. The first kappa shape index (κ1) is 15.8. The van der Waals surface area contributed by atoms with Crippen LogP contribution in [0.4, 0.5) is 0 Å². The van der Waals surface area contributed by atoms with Crippen molar-refractivity contribution < 1.29 is 4.79 Å². The Bertz CT molecular complexity index is 910. The molecule has 3 aromatic heterocycles. The number of thiazole rings is 1. The van der Waals surface area contributed by atoms with Crippen molar-refractivity contribution in [3.05, 3.63) is 32.9 Å². The van der Waals surface area contributed by atoms with Gasteiger partial charge in [0.1, 0.15) is 12.2 Å². The maximum absolute atomic E-state index is 12.6. The molecule has 0 bridgehead atoms. The Balaban J connectivity index is 2.14. The molecule has 0 saturated heterocycles. The van der Waals surface area contributed by atoms with Gasteiger partial charge in [0.2, 0.25) is 5.91 Å². The van der Waals surface area contributed by atoms with Crippen LogP contribution in [0.15, 0.2) is 22.3 Å². The molecule has 6 nitrogen and oxygen atoms in total. The fourth-order valence-corrected chi connectivity index (χ4v) is 3.94. The summed E-state index contributed by atoms with van der Waals surface area (Å²) in [5, 5.41) is 9.96. The molecule has 1 N–H and O–H groups in total. The molecule has 0 radical (unpaired) electrons. The highest BCUT2D eigenvalue weighted by Gasteiger charge is 2.18. The minimum atomic E-state index is -0.330. The van der Waals surface area contributed by atoms with Gasteiger partial charge in [-0.05, 0) is 32.2 Å². The average Bonchev–Trinajstić information content (AvgIpc) is 3.10. The van der Waals surface area contributed by atoms with Gasteiger partial charge >= 0.3 is 0 Å². The van der Waals surface area contributed by atoms with Gasteiger partial charge in [0.05, 0.1) is 14.6 Å². The number of amides is 1. The van der Waals surface area contributed by atoms with Gasteiger partial charge in [-0.1, -0.05) is 6.07 Å². The zero-order valence-corrected chi connectivity index (χ0v) is 14.6. The molecule has 0 aliphatic carbocycles. The molecule has 8 heteroatoms. The predicted octanol–water partition coefficient (Wildman–Crippen LogP) is 2.41. The fraction of sp³-hybridized carbons (Fsp3) is 0.333. The van der Waals surface area contributed by atoms with Crippen molar-refractivity contribution >= 4 is 38.8 Å². The van der Waals surface area contributed by atoms with Crippen LogP contribution in [0.1, 0.15) is 18.9 Å². The SMILES string of the molecule is Cc1nc2c(=O)n(CC(=O)NC(C)C)nc(-c3cccs3)c2s1. The van der Waals surface area contributed by atoms with E-state index >= 15 is 0 Å². The monoisotopic (exact) mass is 348 g/mol. The number of nitrogens with one attached hydrogen (secondary N) is 1. The molecule has 0 aromatic carbocycles. The zero-order chi connectivity index (χ0) is 16.6. The summed E-state index contributed by atoms with van der Waals surface area (Å²) in [5.74, 6) is -0.238. The van der Waals surface area contributed by atoms with Crippen LogP contribution in [0, 0.1) is 6.92 Å². The van der Waals surface area contributed by atoms with Gasteiger partial charge in [0.15, 0.2) is 5.52 Å². The third-order valence-electron chi connectivity index (χ3n) is 3.10. The number of hydrogen-bond donors (Lipinski definition) is 1. The van der Waals surface area contributed by atoms with E-state index in [4.69, 9.17) is 0 Å². The molecule has 3 rings (SSSR count). The van der Waals surface area contributed by atoms with E-state index in [0.717, 1.165) is 14.6 Å². The Morgan fingerprint density at radius 3 is 2.87 bits per heavy atom. The molecule has 1 amide bonds. The average molecular weight is 348 g/mol. The number of carbonyl (C=O) groups is 1. The summed E-state index contributed by atoms with van der Waals surface area (Å²) in [6.45, 7) is 5.50. The second-order valence-corrected chi connectivity index (χ2v) is 7.57. The number of hydrogen-bond acceptors (Lipinski definition) is 6. The van der Waals surface area contributed by atoms with E-state index in [0.29, 0.717) is 11.2 Å². The first-order chi connectivity index (χ1) is 11.0. The third-order valence-corrected chi connectivity index (χ3v) is 4.96. The van der Waals surface area contributed by atoms with Crippen molar-refractivity contribution in [1.82, 2.24) is 20.1 Å². The highest BCUT2D eigenvalue weighted by molar-refractivity contribution is 7.20. The van der Waals surface area contributed by atoms with Crippen LogP contribution in [-0.2, 0) is 11.3 Å². The molecule has 0 unspecified atom stereocenters. The van der Waals surface area contributed by atoms with Gasteiger partial charge in [-0.15, -0.1) is 22.7 Å². The Hall–Kier alpha value is -2.06. The number of thiophene rings is 1. The largest absolute Gasteiger partial charge is 0.352 e. The standard InChI is InChI=1S/C15H16N4O2S2/c1-8(2)16-11(20)7-19-15(21)13-14(23-9(3)17-13)12(18-19)10-5-4-6-22-10/h4-6,8H,7H2,1-3H3,(H,16,20). The molecule has 0 atom stereocenters. The minimum Gasteiger partial charge on any atom is -0.352 e. The van der Waals surface area contributed by atoms with E-state index in [9.17, 15) is 9.59 Å². The summed E-state index contributed by atoms with van der Waals surface area (Å²) in [4.78, 5) is 29.8. The van der Waals surface area contributed by atoms with Gasteiger partial charge in [-0.3, -0.25) is 9.59 Å². The second kappa shape index (κ2) is 6.21. The summed E-state index contributed by atoms with van der Waals surface area (Å²) in [6, 6.07) is 3.90. The fourth-order valence-electron chi connectivity index (χ4n) is 2.25. The van der Waals surface area contributed by atoms with Crippen LogP contribution < -0.4 is 10.9 Å². The van der Waals surface area contributed by atoms with Crippen LogP contribution in [0.25, 0.3) is 20.8 Å². The van der Waals surface area contributed by atoms with Crippen molar-refractivity contribution in [2.45, 2.75) is 33.4 Å². The van der Waals surface area contributed by atoms with Crippen molar-refractivity contribution in [2.24, 2.45) is 0 Å². The summed E-state index contributed by atoms with van der Waals surface area (Å²) in [5.41, 5.74) is 0.754. The molecule has 120 valence electrons. The van der Waals surface area contributed by atoms with E-state index in [-0.39, 0.29) is 24.1 Å². The Morgan fingerprint density at radius 2 is 2.22 bits per heavy atom. The van der Waals surface area contributed by atoms with Crippen LogP contribution in [-0.4, -0.2) is 26.7 Å². The lowest BCUT2D eigenvalue weighted by atomic mass is 10.3. The number of carbonyl (C=O) groups excluding carboxylic acids is 1. The molecule has 3 aromatic rings. The van der Waals surface area contributed by atoms with Gasteiger partial charge in [-0.25, -0.2) is 9.67 Å². The summed E-state index contributed by atoms with van der Waals surface area (Å²) >= 11 is 2.99. The highest BCUT2D eigenvalue weighted by Crippen LogP contribution is 2.31. The van der Waals surface area contributed by atoms with Crippen molar-refractivity contribution in [1.29, 1.82) is 0 Å². The summed E-state index contributed by atoms with van der Waals surface area (Å²) in [6.07, 6.45) is 0. The van der Waals surface area contributed by atoms with Crippen LogP contribution in [0.2, 0.25) is 0 Å². The lowest BCUT2D eigenvalue weighted by molar-refractivity contribution is -0.122. The molecule has 0 fully saturated rings. The molecule has 0 spiro atoms. The lowest BCUT2D eigenvalue weighted by Crippen LogP contribution is -2.37. The maximum atomic E-state index is 12.6. The summed E-state index contributed by atoms with van der Waals surface area (Å²) in [7, 11) is 0. The maximum Gasteiger partial charge on any atom is 0.294 e. The molecule has 0 aliphatic heterocycles. The quantitative estimate of drug-likeness (QED) is 0.785. The van der Waals surface area contributed by atoms with Crippen molar-refractivity contribution in [3.63, 3.8) is 0 Å². The van der Waals surface area contributed by atoms with Gasteiger partial charge < -0.3 is 5.32 Å². The number of aromatic nitrogens is 3. The first-order valence-electron chi connectivity index (χ1n) is 7.17. The van der Waals surface area contributed by atoms with Crippen molar-refractivity contribution in [2.75, 3.05) is 0 Å². The smallest absolute Gasteiger partial charge is 0.294 e. The Kier molecular flexibility index (Phi) is 4.27. The second-order valence-electron chi connectivity index (χ2n) is 5.42. The normalized spacial score (nSPS) is 11.3. The van der Waals surface area contributed by atoms with Gasteiger partial charge in [-0.2, -0.15) is 5.10 Å². The molecule has 3 heterocycles. The van der Waals surface area contributed by atoms with Crippen LogP contribution in [0.3, 0.4) is 0 Å². The number of aryl methyl sites for hydroxylation is 1. The first-order valence-corrected chi connectivity index (χ1v) is 8.87. The summed E-state index contributed by atoms with van der Waals surface area (Å²) < 4.78 is 1.98. The number of nitrogens with zero attached hydrogens (tertiary/aromatic N) is 3. The molecule has 23 heavy (non-hydrogen) atoms. The van der Waals surface area contributed by atoms with E-state index < -0.39 is 0 Å². The highest BCUT2D eigenvalue weighted by atomic mass is 32.1. The zero-order valence-electron chi connectivity index (χ0n) is 13.0. The van der Waals surface area contributed by atoms with Gasteiger partial charge in [0.25, 0.3) is 5.56 Å². The minimum absolute atomic E-state index is 0.0141. The van der Waals surface area contributed by atoms with Gasteiger partial charge in [0, 0.05) is 6.04 Å². The van der Waals surface area contributed by atoms with E-state index in [2.05, 4.69) is 15.4 Å². The Labute approximate surface area is 140 Å². The topological polar surface area (TPSA) is 76.9 Å². The number of rotatable bonds is 4. The lowest BCUT2D eigenvalue weighted by Gasteiger charge is -2.10. The van der Waals surface area contributed by atoms with E-state index in [1.807, 2.05) is 38.3 Å². The molecule has 0 aliphatic rings. The molecule has 0 saturated carbocycles. The van der Waals surface area contributed by atoms with Crippen LogP contribution >= 0.6 is 22.7 Å². The molecular formula is C15H16N4O2S2. The third kappa shape index (κ3) is 3.18. The Morgan fingerprint density at radius 1 is 1.43 bits per heavy atom. The van der Waals surface area contributed by atoms with E-state index in [1.54, 1.807) is 11.3 Å².